The van der Waals surface area contributed by atoms with Gasteiger partial charge >= 0.3 is 20.8 Å². The summed E-state index contributed by atoms with van der Waals surface area (Å²) >= 11 is -1.25. The van der Waals surface area contributed by atoms with Crippen molar-refractivity contribution in [3.8, 4) is 0 Å². The van der Waals surface area contributed by atoms with Gasteiger partial charge in [-0.2, -0.15) is 0 Å². The van der Waals surface area contributed by atoms with Crippen LogP contribution in [0, 0.1) is 0 Å². The number of hydrogen-bond acceptors (Lipinski definition) is 1. The van der Waals surface area contributed by atoms with Crippen LogP contribution in [0.2, 0.25) is 0 Å². The number of rotatable bonds is 0. The van der Waals surface area contributed by atoms with Crippen LogP contribution in [0.1, 0.15) is 0 Å². The minimum atomic E-state index is -1.25. The molecule has 0 aromatic rings. The van der Waals surface area contributed by atoms with Gasteiger partial charge in [0.15, 0.2) is 17.4 Å². The Morgan fingerprint density at radius 3 is 2.00 bits per heavy atom. The van der Waals surface area contributed by atoms with Crippen LogP contribution in [-0.2, 0) is 3.80 Å². The first-order chi connectivity index (χ1) is 1.41. The van der Waals surface area contributed by atoms with E-state index in [1.165, 1.54) is 0 Å². The summed E-state index contributed by atoms with van der Waals surface area (Å²) < 4.78 is 14.4. The summed E-state index contributed by atoms with van der Waals surface area (Å²) in [7, 11) is 0. The monoisotopic (exact) mass is 93.0 g/mol. The largest absolute Gasteiger partial charge is 0.187 e. The smallest absolute Gasteiger partial charge is 0.187 e. The molecule has 0 rings (SSSR count). The van der Waals surface area contributed by atoms with Gasteiger partial charge in [0.1, 0.15) is 0 Å². The predicted molar refractivity (Wildman–Crippen MR) is 21.4 cm³/mol. The molecule has 0 aromatic carbocycles. The summed E-state index contributed by atoms with van der Waals surface area (Å²) in [6.07, 6.45) is 0. The van der Waals surface area contributed by atoms with Gasteiger partial charge in [-0.05, 0) is 0 Å². The Bertz CT molecular complexity index is 15.1. The molecule has 2 nitrogen and oxygen atoms in total. The Morgan fingerprint density at radius 1 is 2.00 bits per heavy atom. The van der Waals surface area contributed by atoms with Gasteiger partial charge in [-0.25, -0.2) is 0 Å². The van der Waals surface area contributed by atoms with Gasteiger partial charge in [-0.3, -0.25) is 0 Å². The van der Waals surface area contributed by atoms with Gasteiger partial charge < -0.3 is 5.48 Å². The average Bonchev–Trinajstić information content (AvgIpc) is 0.918. The van der Waals surface area contributed by atoms with E-state index in [1.54, 1.807) is 0 Å². The minimum Gasteiger partial charge on any atom is 0.187 e. The molecule has 0 radical (unpaired) electrons. The predicted octanol–water partition coefficient (Wildman–Crippen LogP) is -2.78. The quantitative estimate of drug-likeness (QED) is 0.299. The Kier molecular flexibility index (Phi) is 99.2. The molecular formula is H6Al2O2. The molecule has 4 heavy (non-hydrogen) atoms. The normalized spacial score (nSPS) is 2.50. The van der Waals surface area contributed by atoms with Crippen LogP contribution in [0.4, 0.5) is 0 Å². The first kappa shape index (κ1) is 8.85. The summed E-state index contributed by atoms with van der Waals surface area (Å²) in [4.78, 5) is 0. The second-order valence-corrected chi connectivity index (χ2v) is 0. The SMILES string of the molecule is O.[2H][Al]=[O].[AlH3]. The molecular weight excluding hydrogens is 86.0 g/mol. The van der Waals surface area contributed by atoms with E-state index in [4.69, 9.17) is 4.74 Å². The third-order valence-electron chi connectivity index (χ3n) is 0. The Labute approximate surface area is 44.1 Å². The second-order valence-electron chi connectivity index (χ2n) is 0. The molecule has 0 heterocycles. The molecule has 0 aromatic heterocycles. The summed E-state index contributed by atoms with van der Waals surface area (Å²) in [5.41, 5.74) is 0. The van der Waals surface area contributed by atoms with Crippen LogP contribution < -0.4 is 0 Å². The van der Waals surface area contributed by atoms with Gasteiger partial charge in [0.25, 0.3) is 0 Å². The Balaban J connectivity index is -0.0000000200. The second kappa shape index (κ2) is 44.9. The topological polar surface area (TPSA) is 48.6 Å². The van der Waals surface area contributed by atoms with Gasteiger partial charge in [0.2, 0.25) is 0 Å². The molecule has 0 amide bonds. The van der Waals surface area contributed by atoms with E-state index in [-0.39, 0.29) is 22.8 Å². The third kappa shape index (κ3) is 13.8. The summed E-state index contributed by atoms with van der Waals surface area (Å²) in [5.74, 6) is 0. The molecule has 0 bridgehead atoms. The first-order valence-electron chi connectivity index (χ1n) is 0.813. The van der Waals surface area contributed by atoms with Crippen molar-refractivity contribution in [1.29, 1.82) is 0.939 Å². The fourth-order valence-electron chi connectivity index (χ4n) is 0. The van der Waals surface area contributed by atoms with E-state index in [1.807, 2.05) is 0 Å². The van der Waals surface area contributed by atoms with Gasteiger partial charge in [-0.1, -0.05) is 0 Å². The van der Waals surface area contributed by atoms with Crippen molar-refractivity contribution in [2.24, 2.45) is 0 Å². The van der Waals surface area contributed by atoms with E-state index in [0.29, 0.717) is 0 Å². The number of hydrogen-bond donors (Lipinski definition) is 0. The summed E-state index contributed by atoms with van der Waals surface area (Å²) in [5, 5.41) is 0. The maximum atomic E-state index is 8.68. The standard InChI is InChI=1S/2Al.H2O.O.4H/h;;1H2;;;;;/i;;;;1+1;;;. The van der Waals surface area contributed by atoms with Crippen molar-refractivity contribution in [3.05, 3.63) is 0 Å². The molecule has 0 aliphatic heterocycles. The van der Waals surface area contributed by atoms with Crippen LogP contribution >= 0.6 is 0 Å². The van der Waals surface area contributed by atoms with Crippen molar-refractivity contribution in [2.45, 2.75) is 0 Å². The molecule has 4 heteroatoms. The van der Waals surface area contributed by atoms with Crippen LogP contribution in [0.3, 0.4) is 0 Å². The molecule has 0 atom stereocenters. The maximum Gasteiger partial charge on any atom is 0.187 e. The minimum absolute atomic E-state index is 0. The molecule has 0 saturated carbocycles. The van der Waals surface area contributed by atoms with Crippen molar-refractivity contribution in [1.82, 2.24) is 0 Å². The molecule has 0 unspecified atom stereocenters. The molecule has 0 fully saturated rings. The van der Waals surface area contributed by atoms with Crippen LogP contribution in [0.25, 0.3) is 0 Å². The zero-order valence-corrected chi connectivity index (χ0v) is 2.64. The molecule has 0 aliphatic rings. The first-order valence-corrected chi connectivity index (χ1v) is 0.707. The zero-order valence-electron chi connectivity index (χ0n) is 2.49. The fraction of sp³-hybridized carbons (Fsp3) is 0. The van der Waals surface area contributed by atoms with Gasteiger partial charge in [0, 0.05) is 0 Å². The van der Waals surface area contributed by atoms with E-state index >= 15 is 0 Å². The maximum absolute atomic E-state index is 8.68. The van der Waals surface area contributed by atoms with Crippen molar-refractivity contribution >= 4 is 33.4 Å². The summed E-state index contributed by atoms with van der Waals surface area (Å²) in [6, 6.07) is 0. The van der Waals surface area contributed by atoms with E-state index in [9.17, 15) is 0 Å². The molecule has 2 N–H and O–H groups in total. The molecule has 24 valence electrons. The molecule has 0 spiro atoms. The average molecular weight is 93.0 g/mol. The van der Waals surface area contributed by atoms with Crippen LogP contribution in [-0.4, -0.2) is 39.9 Å². The third-order valence-corrected chi connectivity index (χ3v) is 0. The fourth-order valence-corrected chi connectivity index (χ4v) is 0. The zero-order chi connectivity index (χ0) is 2.71. The van der Waals surface area contributed by atoms with E-state index in [0.717, 1.165) is 0 Å². The van der Waals surface area contributed by atoms with Crippen LogP contribution in [0.5, 0.6) is 0 Å². The Hall–Kier alpha value is 0.825. The van der Waals surface area contributed by atoms with E-state index < -0.39 is 16.1 Å². The Morgan fingerprint density at radius 2 is 2.00 bits per heavy atom. The van der Waals surface area contributed by atoms with Gasteiger partial charge in [0.05, 0.1) is 0 Å². The van der Waals surface area contributed by atoms with Gasteiger partial charge in [-0.15, -0.1) is 0 Å². The van der Waals surface area contributed by atoms with E-state index in [2.05, 4.69) is 0 Å². The van der Waals surface area contributed by atoms with Crippen LogP contribution in [0.15, 0.2) is 0 Å². The van der Waals surface area contributed by atoms with Crippen molar-refractivity contribution < 1.29 is 9.28 Å². The van der Waals surface area contributed by atoms with Crippen molar-refractivity contribution in [2.75, 3.05) is 0 Å². The summed E-state index contributed by atoms with van der Waals surface area (Å²) in [6.45, 7) is 0. The molecule has 0 saturated heterocycles. The van der Waals surface area contributed by atoms with Crippen molar-refractivity contribution in [3.63, 3.8) is 0 Å². The molecule has 0 aliphatic carbocycles.